The number of carbonyl (C=O) groups is 1. The van der Waals surface area contributed by atoms with E-state index in [1.54, 1.807) is 25.3 Å². The van der Waals surface area contributed by atoms with Crippen LogP contribution in [0.4, 0.5) is 4.39 Å². The van der Waals surface area contributed by atoms with Crippen molar-refractivity contribution in [2.24, 2.45) is 0 Å². The van der Waals surface area contributed by atoms with Gasteiger partial charge >= 0.3 is 0 Å². The maximum absolute atomic E-state index is 13.6. The minimum atomic E-state index is -0.284. The van der Waals surface area contributed by atoms with Crippen molar-refractivity contribution in [2.45, 2.75) is 50.4 Å². The summed E-state index contributed by atoms with van der Waals surface area (Å²) in [6.45, 7) is 2.56. The molecule has 1 aromatic carbocycles. The van der Waals surface area contributed by atoms with Crippen molar-refractivity contribution in [1.29, 1.82) is 0 Å². The lowest BCUT2D eigenvalue weighted by Gasteiger charge is -2.30. The molecule has 1 aromatic rings. The predicted molar refractivity (Wildman–Crippen MR) is 94.7 cm³/mol. The SMILES string of the molecule is COC1CCN([C@H]2CCC[C@H]2NCC(=O)NCc2ccccc2F)C1. The highest BCUT2D eigenvalue weighted by Crippen LogP contribution is 2.27. The van der Waals surface area contributed by atoms with Gasteiger partial charge in [0.25, 0.3) is 0 Å². The van der Waals surface area contributed by atoms with E-state index in [1.165, 1.54) is 18.9 Å². The number of rotatable bonds is 7. The number of nitrogens with zero attached hydrogens (tertiary/aromatic N) is 1. The predicted octanol–water partition coefficient (Wildman–Crippen LogP) is 1.67. The van der Waals surface area contributed by atoms with E-state index in [9.17, 15) is 9.18 Å². The molecule has 2 fully saturated rings. The Balaban J connectivity index is 1.43. The molecule has 0 spiro atoms. The summed E-state index contributed by atoms with van der Waals surface area (Å²) in [5.41, 5.74) is 0.511. The number of hydrogen-bond acceptors (Lipinski definition) is 4. The van der Waals surface area contributed by atoms with E-state index in [1.807, 2.05) is 0 Å². The minimum absolute atomic E-state index is 0.0925. The molecular weight excluding hydrogens is 321 g/mol. The van der Waals surface area contributed by atoms with E-state index in [2.05, 4.69) is 15.5 Å². The van der Waals surface area contributed by atoms with Crippen LogP contribution >= 0.6 is 0 Å². The average Bonchev–Trinajstić information content (AvgIpc) is 3.27. The summed E-state index contributed by atoms with van der Waals surface area (Å²) in [5.74, 6) is -0.376. The van der Waals surface area contributed by atoms with E-state index in [4.69, 9.17) is 4.74 Å². The lowest BCUT2D eigenvalue weighted by Crippen LogP contribution is -2.48. The molecule has 0 bridgehead atoms. The topological polar surface area (TPSA) is 53.6 Å². The van der Waals surface area contributed by atoms with Gasteiger partial charge in [-0.25, -0.2) is 4.39 Å². The monoisotopic (exact) mass is 349 g/mol. The van der Waals surface area contributed by atoms with Gasteiger partial charge in [0.1, 0.15) is 5.82 Å². The van der Waals surface area contributed by atoms with Crippen molar-refractivity contribution in [3.63, 3.8) is 0 Å². The summed E-state index contributed by atoms with van der Waals surface area (Å²) >= 11 is 0. The molecule has 6 heteroatoms. The first-order chi connectivity index (χ1) is 12.2. The third-order valence-corrected chi connectivity index (χ3v) is 5.42. The van der Waals surface area contributed by atoms with Gasteiger partial charge in [-0.05, 0) is 25.3 Å². The number of hydrogen-bond donors (Lipinski definition) is 2. The van der Waals surface area contributed by atoms with Crippen LogP contribution in [0.5, 0.6) is 0 Å². The van der Waals surface area contributed by atoms with Crippen molar-refractivity contribution >= 4 is 5.91 Å². The molecule has 3 rings (SSSR count). The van der Waals surface area contributed by atoms with Crippen molar-refractivity contribution in [2.75, 3.05) is 26.7 Å². The summed E-state index contributed by atoms with van der Waals surface area (Å²) < 4.78 is 19.0. The number of carbonyl (C=O) groups excluding carboxylic acids is 1. The molecule has 25 heavy (non-hydrogen) atoms. The highest BCUT2D eigenvalue weighted by molar-refractivity contribution is 5.78. The second-order valence-corrected chi connectivity index (χ2v) is 7.00. The highest BCUT2D eigenvalue weighted by atomic mass is 19.1. The number of benzene rings is 1. The summed E-state index contributed by atoms with van der Waals surface area (Å²) in [6.07, 6.45) is 4.88. The van der Waals surface area contributed by atoms with Crippen LogP contribution in [0.1, 0.15) is 31.2 Å². The molecule has 1 saturated carbocycles. The highest BCUT2D eigenvalue weighted by Gasteiger charge is 2.35. The van der Waals surface area contributed by atoms with Crippen LogP contribution in [0.3, 0.4) is 0 Å². The Hall–Kier alpha value is -1.50. The molecule has 138 valence electrons. The van der Waals surface area contributed by atoms with Gasteiger partial charge in [-0.1, -0.05) is 24.6 Å². The van der Waals surface area contributed by atoms with Crippen LogP contribution in [0.25, 0.3) is 0 Å². The summed E-state index contributed by atoms with van der Waals surface area (Å²) in [4.78, 5) is 14.6. The van der Waals surface area contributed by atoms with Crippen molar-refractivity contribution < 1.29 is 13.9 Å². The smallest absolute Gasteiger partial charge is 0.234 e. The molecule has 1 saturated heterocycles. The second kappa shape index (κ2) is 8.74. The zero-order valence-electron chi connectivity index (χ0n) is 14.8. The molecule has 3 atom stereocenters. The molecule has 1 unspecified atom stereocenters. The average molecular weight is 349 g/mol. The first-order valence-corrected chi connectivity index (χ1v) is 9.17. The molecule has 2 aliphatic rings. The zero-order chi connectivity index (χ0) is 17.6. The lowest BCUT2D eigenvalue weighted by molar-refractivity contribution is -0.120. The Morgan fingerprint density at radius 2 is 2.16 bits per heavy atom. The van der Waals surface area contributed by atoms with Crippen LogP contribution in [0.15, 0.2) is 24.3 Å². The van der Waals surface area contributed by atoms with Crippen molar-refractivity contribution in [3.05, 3.63) is 35.6 Å². The number of ether oxygens (including phenoxy) is 1. The Kier molecular flexibility index (Phi) is 6.39. The number of likely N-dealkylation sites (tertiary alicyclic amines) is 1. The van der Waals surface area contributed by atoms with Gasteiger partial charge in [-0.2, -0.15) is 0 Å². The third-order valence-electron chi connectivity index (χ3n) is 5.42. The quantitative estimate of drug-likeness (QED) is 0.786. The largest absolute Gasteiger partial charge is 0.380 e. The van der Waals surface area contributed by atoms with Gasteiger partial charge in [-0.3, -0.25) is 9.69 Å². The fourth-order valence-electron chi connectivity index (χ4n) is 3.99. The molecular formula is C19H28FN3O2. The standard InChI is InChI=1S/C19H28FN3O2/c1-25-15-9-10-23(13-15)18-8-4-7-17(18)21-12-19(24)22-11-14-5-2-3-6-16(14)20/h2-3,5-6,15,17-18,21H,4,7-13H2,1H3,(H,22,24)/t15?,17-,18+/m1/s1. The summed E-state index contributed by atoms with van der Waals surface area (Å²) in [5, 5.41) is 6.19. The van der Waals surface area contributed by atoms with Gasteiger partial charge in [0.15, 0.2) is 0 Å². The minimum Gasteiger partial charge on any atom is -0.380 e. The summed E-state index contributed by atoms with van der Waals surface area (Å²) in [7, 11) is 1.78. The number of methoxy groups -OCH3 is 1. The lowest BCUT2D eigenvalue weighted by atomic mass is 10.1. The molecule has 5 nitrogen and oxygen atoms in total. The third kappa shape index (κ3) is 4.77. The molecule has 2 N–H and O–H groups in total. The molecule has 1 amide bonds. The van der Waals surface area contributed by atoms with Crippen molar-refractivity contribution in [1.82, 2.24) is 15.5 Å². The number of amides is 1. The summed E-state index contributed by atoms with van der Waals surface area (Å²) in [6, 6.07) is 7.35. The molecule has 0 radical (unpaired) electrons. The Morgan fingerprint density at radius 1 is 1.32 bits per heavy atom. The Morgan fingerprint density at radius 3 is 2.92 bits per heavy atom. The van der Waals surface area contributed by atoms with Gasteiger partial charge in [0.05, 0.1) is 12.6 Å². The fourth-order valence-corrected chi connectivity index (χ4v) is 3.99. The molecule has 0 aromatic heterocycles. The van der Waals surface area contributed by atoms with E-state index < -0.39 is 0 Å². The van der Waals surface area contributed by atoms with Crippen LogP contribution < -0.4 is 10.6 Å². The van der Waals surface area contributed by atoms with Crippen molar-refractivity contribution in [3.8, 4) is 0 Å². The first-order valence-electron chi connectivity index (χ1n) is 9.17. The van der Waals surface area contributed by atoms with E-state index in [0.717, 1.165) is 25.9 Å². The van der Waals surface area contributed by atoms with Crippen LogP contribution in [0.2, 0.25) is 0 Å². The van der Waals surface area contributed by atoms with Gasteiger partial charge in [-0.15, -0.1) is 0 Å². The fraction of sp³-hybridized carbons (Fsp3) is 0.632. The maximum Gasteiger partial charge on any atom is 0.234 e. The Labute approximate surface area is 148 Å². The zero-order valence-corrected chi connectivity index (χ0v) is 14.8. The second-order valence-electron chi connectivity index (χ2n) is 7.00. The van der Waals surface area contributed by atoms with Crippen LogP contribution in [-0.4, -0.2) is 55.7 Å². The molecule has 1 aliphatic carbocycles. The van der Waals surface area contributed by atoms with Crippen LogP contribution in [-0.2, 0) is 16.1 Å². The van der Waals surface area contributed by atoms with Gasteiger partial charge < -0.3 is 15.4 Å². The number of nitrogens with one attached hydrogen (secondary N) is 2. The van der Waals surface area contributed by atoms with E-state index in [-0.39, 0.29) is 24.8 Å². The molecule has 1 aliphatic heterocycles. The number of halogens is 1. The first kappa shape index (κ1) is 18.3. The maximum atomic E-state index is 13.6. The Bertz CT molecular complexity index is 584. The van der Waals surface area contributed by atoms with E-state index in [0.29, 0.717) is 23.8 Å². The normalized spacial score (nSPS) is 26.9. The van der Waals surface area contributed by atoms with Gasteiger partial charge in [0.2, 0.25) is 5.91 Å². The van der Waals surface area contributed by atoms with Crippen LogP contribution in [0, 0.1) is 5.82 Å². The molecule has 1 heterocycles. The van der Waals surface area contributed by atoms with Gasteiger partial charge in [0, 0.05) is 44.4 Å². The van der Waals surface area contributed by atoms with E-state index >= 15 is 0 Å².